The first kappa shape index (κ1) is 21.0. The second-order valence-corrected chi connectivity index (χ2v) is 7.67. The molecule has 1 aliphatic heterocycles. The van der Waals surface area contributed by atoms with Gasteiger partial charge in [-0.1, -0.05) is 59.2 Å². The SMILES string of the molecule is O=C(c1ccccc1F)N(Cc1ccccc1F)C[C@H]1CC(c2ccc(Cl)cc2)=NO1. The lowest BCUT2D eigenvalue weighted by atomic mass is 10.0. The summed E-state index contributed by atoms with van der Waals surface area (Å²) >= 11 is 5.93. The van der Waals surface area contributed by atoms with Gasteiger partial charge in [-0.15, -0.1) is 0 Å². The predicted octanol–water partition coefficient (Wildman–Crippen LogP) is 5.45. The van der Waals surface area contributed by atoms with Gasteiger partial charge in [0.1, 0.15) is 11.6 Å². The third-order valence-electron chi connectivity index (χ3n) is 5.04. The summed E-state index contributed by atoms with van der Waals surface area (Å²) in [5, 5.41) is 4.75. The number of carbonyl (C=O) groups is 1. The first-order valence-corrected chi connectivity index (χ1v) is 10.1. The molecule has 7 heteroatoms. The zero-order valence-corrected chi connectivity index (χ0v) is 17.2. The maximum Gasteiger partial charge on any atom is 0.257 e. The summed E-state index contributed by atoms with van der Waals surface area (Å²) in [5.41, 5.74) is 1.86. The Morgan fingerprint density at radius 2 is 1.68 bits per heavy atom. The van der Waals surface area contributed by atoms with Crippen molar-refractivity contribution >= 4 is 23.2 Å². The highest BCUT2D eigenvalue weighted by Crippen LogP contribution is 2.22. The number of amides is 1. The van der Waals surface area contributed by atoms with E-state index < -0.39 is 23.6 Å². The van der Waals surface area contributed by atoms with Crippen LogP contribution in [0.5, 0.6) is 0 Å². The quantitative estimate of drug-likeness (QED) is 0.511. The van der Waals surface area contributed by atoms with Crippen molar-refractivity contribution in [1.29, 1.82) is 0 Å². The molecule has 0 aliphatic carbocycles. The van der Waals surface area contributed by atoms with Crippen LogP contribution < -0.4 is 0 Å². The number of hydrogen-bond donors (Lipinski definition) is 0. The van der Waals surface area contributed by atoms with Gasteiger partial charge in [-0.2, -0.15) is 0 Å². The Morgan fingerprint density at radius 3 is 2.39 bits per heavy atom. The number of rotatable bonds is 6. The zero-order chi connectivity index (χ0) is 21.8. The van der Waals surface area contributed by atoms with E-state index in [-0.39, 0.29) is 18.7 Å². The van der Waals surface area contributed by atoms with E-state index in [4.69, 9.17) is 16.4 Å². The van der Waals surface area contributed by atoms with E-state index in [0.717, 1.165) is 11.3 Å². The summed E-state index contributed by atoms with van der Waals surface area (Å²) in [7, 11) is 0. The van der Waals surface area contributed by atoms with Gasteiger partial charge < -0.3 is 9.74 Å². The number of halogens is 3. The predicted molar refractivity (Wildman–Crippen MR) is 115 cm³/mol. The second-order valence-electron chi connectivity index (χ2n) is 7.23. The van der Waals surface area contributed by atoms with Gasteiger partial charge in [0, 0.05) is 23.6 Å². The third kappa shape index (κ3) is 4.91. The van der Waals surface area contributed by atoms with E-state index in [0.29, 0.717) is 17.0 Å². The summed E-state index contributed by atoms with van der Waals surface area (Å²) in [6, 6.07) is 19.1. The van der Waals surface area contributed by atoms with Crippen LogP contribution >= 0.6 is 11.6 Å². The van der Waals surface area contributed by atoms with Gasteiger partial charge in [0.25, 0.3) is 5.91 Å². The Morgan fingerprint density at radius 1 is 1.00 bits per heavy atom. The minimum absolute atomic E-state index is 0.0179. The van der Waals surface area contributed by atoms with Crippen LogP contribution in [0.1, 0.15) is 27.9 Å². The van der Waals surface area contributed by atoms with Crippen molar-refractivity contribution in [2.75, 3.05) is 6.54 Å². The number of hydrogen-bond acceptors (Lipinski definition) is 3. The summed E-state index contributed by atoms with van der Waals surface area (Å²) in [5.74, 6) is -1.60. The lowest BCUT2D eigenvalue weighted by Crippen LogP contribution is -2.38. The Labute approximate surface area is 183 Å². The molecule has 4 nitrogen and oxygen atoms in total. The molecule has 0 bridgehead atoms. The van der Waals surface area contributed by atoms with Crippen molar-refractivity contribution in [3.63, 3.8) is 0 Å². The molecule has 31 heavy (non-hydrogen) atoms. The highest BCUT2D eigenvalue weighted by atomic mass is 35.5. The van der Waals surface area contributed by atoms with E-state index in [2.05, 4.69) is 5.16 Å². The van der Waals surface area contributed by atoms with Crippen LogP contribution in [0.25, 0.3) is 0 Å². The maximum absolute atomic E-state index is 14.3. The molecule has 1 aliphatic rings. The molecule has 0 saturated heterocycles. The van der Waals surface area contributed by atoms with Gasteiger partial charge >= 0.3 is 0 Å². The highest BCUT2D eigenvalue weighted by Gasteiger charge is 2.28. The van der Waals surface area contributed by atoms with Crippen LogP contribution in [0.3, 0.4) is 0 Å². The van der Waals surface area contributed by atoms with Gasteiger partial charge in [-0.3, -0.25) is 4.79 Å². The fraction of sp³-hybridized carbons (Fsp3) is 0.167. The van der Waals surface area contributed by atoms with Gasteiger partial charge in [-0.05, 0) is 35.9 Å². The van der Waals surface area contributed by atoms with E-state index in [1.807, 2.05) is 12.1 Å². The smallest absolute Gasteiger partial charge is 0.257 e. The minimum atomic E-state index is -0.628. The van der Waals surface area contributed by atoms with Crippen molar-refractivity contribution in [3.8, 4) is 0 Å². The number of benzene rings is 3. The molecular weight excluding hydrogens is 422 g/mol. The largest absolute Gasteiger partial charge is 0.390 e. The van der Waals surface area contributed by atoms with Crippen LogP contribution in [0, 0.1) is 11.6 Å². The molecule has 4 rings (SSSR count). The van der Waals surface area contributed by atoms with Crippen LogP contribution in [0.2, 0.25) is 5.02 Å². The lowest BCUT2D eigenvalue weighted by Gasteiger charge is -2.25. The number of oxime groups is 1. The minimum Gasteiger partial charge on any atom is -0.390 e. The normalized spacial score (nSPS) is 15.3. The third-order valence-corrected chi connectivity index (χ3v) is 5.30. The molecule has 0 radical (unpaired) electrons. The van der Waals surface area contributed by atoms with Crippen molar-refractivity contribution in [1.82, 2.24) is 4.90 Å². The molecule has 158 valence electrons. The average Bonchev–Trinajstić information content (AvgIpc) is 3.24. The standard InChI is InChI=1S/C24H19ClF2N2O2/c25-18-11-9-16(10-12-18)23-13-19(31-28-23)15-29(14-17-5-1-3-7-21(17)26)24(30)20-6-2-4-8-22(20)27/h1-12,19H,13-15H2/t19-/m1/s1. The van der Waals surface area contributed by atoms with Crippen molar-refractivity contribution in [2.24, 2.45) is 5.16 Å². The molecule has 0 N–H and O–H groups in total. The topological polar surface area (TPSA) is 41.9 Å². The van der Waals surface area contributed by atoms with E-state index in [9.17, 15) is 13.6 Å². The Balaban J connectivity index is 1.53. The fourth-order valence-corrected chi connectivity index (χ4v) is 3.57. The molecule has 0 saturated carbocycles. The monoisotopic (exact) mass is 440 g/mol. The zero-order valence-electron chi connectivity index (χ0n) is 16.5. The van der Waals surface area contributed by atoms with E-state index in [1.54, 1.807) is 36.4 Å². The summed E-state index contributed by atoms with van der Waals surface area (Å²) in [4.78, 5) is 20.0. The first-order chi connectivity index (χ1) is 15.0. The number of carbonyl (C=O) groups excluding carboxylic acids is 1. The number of nitrogens with zero attached hydrogens (tertiary/aromatic N) is 2. The summed E-state index contributed by atoms with van der Waals surface area (Å²) in [6.07, 6.45) is 0.0214. The maximum atomic E-state index is 14.3. The Hall–Kier alpha value is -3.25. The van der Waals surface area contributed by atoms with Crippen molar-refractivity contribution in [2.45, 2.75) is 19.1 Å². The van der Waals surface area contributed by atoms with Crippen LogP contribution in [-0.2, 0) is 11.4 Å². The summed E-state index contributed by atoms with van der Waals surface area (Å²) < 4.78 is 28.5. The Kier molecular flexibility index (Phi) is 6.28. The van der Waals surface area contributed by atoms with Crippen LogP contribution in [0.15, 0.2) is 78.0 Å². The Bertz CT molecular complexity index is 1120. The van der Waals surface area contributed by atoms with Gasteiger partial charge in [0.15, 0.2) is 6.10 Å². The van der Waals surface area contributed by atoms with E-state index >= 15 is 0 Å². The molecule has 1 atom stereocenters. The molecule has 3 aromatic rings. The first-order valence-electron chi connectivity index (χ1n) is 9.77. The van der Waals surface area contributed by atoms with Gasteiger partial charge in [0.05, 0.1) is 17.8 Å². The molecule has 0 aromatic heterocycles. The molecule has 1 amide bonds. The molecule has 0 unspecified atom stereocenters. The lowest BCUT2D eigenvalue weighted by molar-refractivity contribution is 0.0400. The van der Waals surface area contributed by atoms with E-state index in [1.165, 1.54) is 29.2 Å². The summed E-state index contributed by atoms with van der Waals surface area (Å²) in [6.45, 7) is 0.109. The molecular formula is C24H19ClF2N2O2. The van der Waals surface area contributed by atoms with Gasteiger partial charge in [0.2, 0.25) is 0 Å². The van der Waals surface area contributed by atoms with Gasteiger partial charge in [-0.25, -0.2) is 8.78 Å². The van der Waals surface area contributed by atoms with Crippen LogP contribution in [-0.4, -0.2) is 29.2 Å². The average molecular weight is 441 g/mol. The van der Waals surface area contributed by atoms with Crippen molar-refractivity contribution in [3.05, 3.63) is 106 Å². The fourth-order valence-electron chi connectivity index (χ4n) is 3.44. The second kappa shape index (κ2) is 9.27. The highest BCUT2D eigenvalue weighted by molar-refractivity contribution is 6.30. The van der Waals surface area contributed by atoms with Crippen LogP contribution in [0.4, 0.5) is 8.78 Å². The molecule has 0 spiro atoms. The molecule has 0 fully saturated rings. The van der Waals surface area contributed by atoms with Crippen molar-refractivity contribution < 1.29 is 18.4 Å². The molecule has 1 heterocycles. The molecule has 3 aromatic carbocycles.